The van der Waals surface area contributed by atoms with Crippen LogP contribution in [0, 0.1) is 19.8 Å². The van der Waals surface area contributed by atoms with Gasteiger partial charge >= 0.3 is 0 Å². The van der Waals surface area contributed by atoms with Crippen LogP contribution in [0.4, 0.5) is 0 Å². The van der Waals surface area contributed by atoms with Crippen molar-refractivity contribution in [2.75, 3.05) is 6.61 Å². The summed E-state index contributed by atoms with van der Waals surface area (Å²) in [7, 11) is 0.0631. The summed E-state index contributed by atoms with van der Waals surface area (Å²) in [4.78, 5) is 12.6. The minimum atomic E-state index is 0.0631. The van der Waals surface area contributed by atoms with Gasteiger partial charge in [-0.1, -0.05) is 43.6 Å². The van der Waals surface area contributed by atoms with E-state index in [9.17, 15) is 4.79 Å². The fourth-order valence-corrected chi connectivity index (χ4v) is 3.91. The van der Waals surface area contributed by atoms with Gasteiger partial charge in [-0.05, 0) is 69.4 Å². The minimum absolute atomic E-state index is 0.0631. The summed E-state index contributed by atoms with van der Waals surface area (Å²) in [5, 5.41) is 1.56. The van der Waals surface area contributed by atoms with E-state index >= 15 is 0 Å². The van der Waals surface area contributed by atoms with Crippen LogP contribution in [-0.2, 0) is 0 Å². The molecule has 128 valence electrons. The normalized spacial score (nSPS) is 11.4. The SMILES string of the molecule is Cc1cc(OCCC(C)C)ccc1PC(=O)c1c(C)cccc1Cl. The van der Waals surface area contributed by atoms with Crippen LogP contribution >= 0.6 is 20.2 Å². The van der Waals surface area contributed by atoms with Crippen LogP contribution in [0.1, 0.15) is 41.8 Å². The van der Waals surface area contributed by atoms with Gasteiger partial charge in [0, 0.05) is 5.56 Å². The Morgan fingerprint density at radius 1 is 1.17 bits per heavy atom. The molecular weight excluding hydrogens is 339 g/mol. The van der Waals surface area contributed by atoms with Crippen molar-refractivity contribution in [1.82, 2.24) is 0 Å². The van der Waals surface area contributed by atoms with Gasteiger partial charge in [-0.25, -0.2) is 0 Å². The summed E-state index contributed by atoms with van der Waals surface area (Å²) in [5.74, 6) is 1.49. The number of ether oxygens (including phenoxy) is 1. The number of hydrogen-bond acceptors (Lipinski definition) is 2. The van der Waals surface area contributed by atoms with Crippen molar-refractivity contribution in [2.24, 2.45) is 5.92 Å². The zero-order valence-corrected chi connectivity index (χ0v) is 16.4. The van der Waals surface area contributed by atoms with Crippen LogP contribution in [0.5, 0.6) is 5.75 Å². The van der Waals surface area contributed by atoms with E-state index < -0.39 is 0 Å². The molecule has 4 heteroatoms. The van der Waals surface area contributed by atoms with Gasteiger partial charge in [-0.2, -0.15) is 0 Å². The standard InChI is InChI=1S/C20H24ClO2P/c1-13(2)10-11-23-16-8-9-18(15(4)12-16)24-20(22)19-14(3)6-5-7-17(19)21/h5-9,12-13,24H,10-11H2,1-4H3. The fraction of sp³-hybridized carbons (Fsp3) is 0.350. The average Bonchev–Trinajstić information content (AvgIpc) is 2.49. The monoisotopic (exact) mass is 362 g/mol. The molecule has 0 saturated heterocycles. The topological polar surface area (TPSA) is 26.3 Å². The predicted molar refractivity (Wildman–Crippen MR) is 105 cm³/mol. The molecule has 0 aliphatic carbocycles. The zero-order valence-electron chi connectivity index (χ0n) is 14.7. The molecule has 0 saturated carbocycles. The highest BCUT2D eigenvalue weighted by Gasteiger charge is 2.15. The summed E-state index contributed by atoms with van der Waals surface area (Å²) in [6.45, 7) is 9.02. The van der Waals surface area contributed by atoms with Crippen LogP contribution in [0.2, 0.25) is 5.02 Å². The zero-order chi connectivity index (χ0) is 17.7. The van der Waals surface area contributed by atoms with E-state index in [4.69, 9.17) is 16.3 Å². The van der Waals surface area contributed by atoms with Crippen molar-refractivity contribution in [3.05, 3.63) is 58.1 Å². The third-order valence-corrected chi connectivity index (χ3v) is 5.48. The molecule has 0 aromatic heterocycles. The summed E-state index contributed by atoms with van der Waals surface area (Å²) < 4.78 is 5.78. The van der Waals surface area contributed by atoms with E-state index in [2.05, 4.69) is 13.8 Å². The Balaban J connectivity index is 2.09. The fourth-order valence-electron chi connectivity index (χ4n) is 2.38. The number of benzene rings is 2. The van der Waals surface area contributed by atoms with Crippen LogP contribution in [0.3, 0.4) is 0 Å². The molecule has 0 N–H and O–H groups in total. The smallest absolute Gasteiger partial charge is 0.187 e. The minimum Gasteiger partial charge on any atom is -0.494 e. The van der Waals surface area contributed by atoms with Crippen molar-refractivity contribution in [3.63, 3.8) is 0 Å². The lowest BCUT2D eigenvalue weighted by atomic mass is 10.1. The van der Waals surface area contributed by atoms with Crippen LogP contribution in [-0.4, -0.2) is 12.1 Å². The number of carbonyl (C=O) groups is 1. The number of aryl methyl sites for hydroxylation is 2. The first-order chi connectivity index (χ1) is 11.4. The van der Waals surface area contributed by atoms with Crippen LogP contribution in [0.15, 0.2) is 36.4 Å². The number of carbonyl (C=O) groups excluding carboxylic acids is 1. The maximum Gasteiger partial charge on any atom is 0.187 e. The molecule has 0 fully saturated rings. The molecule has 0 spiro atoms. The Morgan fingerprint density at radius 2 is 1.92 bits per heavy atom. The molecule has 2 nitrogen and oxygen atoms in total. The van der Waals surface area contributed by atoms with Gasteiger partial charge in [0.15, 0.2) is 5.52 Å². The highest BCUT2D eigenvalue weighted by atomic mass is 35.5. The molecule has 1 unspecified atom stereocenters. The molecule has 0 radical (unpaired) electrons. The first-order valence-corrected chi connectivity index (χ1v) is 9.56. The summed E-state index contributed by atoms with van der Waals surface area (Å²) >= 11 is 6.20. The molecule has 2 aromatic carbocycles. The van der Waals surface area contributed by atoms with Gasteiger partial charge in [0.25, 0.3) is 0 Å². The molecule has 24 heavy (non-hydrogen) atoms. The van der Waals surface area contributed by atoms with Crippen LogP contribution in [0.25, 0.3) is 0 Å². The largest absolute Gasteiger partial charge is 0.494 e. The Labute approximate surface area is 151 Å². The highest BCUT2D eigenvalue weighted by Crippen LogP contribution is 2.29. The second-order valence-electron chi connectivity index (χ2n) is 6.39. The lowest BCUT2D eigenvalue weighted by Gasteiger charge is -2.12. The molecule has 2 aromatic rings. The number of rotatable bonds is 7. The second kappa shape index (κ2) is 8.65. The molecule has 1 atom stereocenters. The van der Waals surface area contributed by atoms with Crippen molar-refractivity contribution in [3.8, 4) is 5.75 Å². The first kappa shape index (κ1) is 19.0. The van der Waals surface area contributed by atoms with Crippen molar-refractivity contribution < 1.29 is 9.53 Å². The van der Waals surface area contributed by atoms with Gasteiger partial charge in [-0.3, -0.25) is 4.79 Å². The Bertz CT molecular complexity index is 705. The van der Waals surface area contributed by atoms with Gasteiger partial charge in [0.05, 0.1) is 11.6 Å². The third-order valence-electron chi connectivity index (χ3n) is 3.86. The summed E-state index contributed by atoms with van der Waals surface area (Å²) in [6.07, 6.45) is 1.03. The Hall–Kier alpha value is -1.37. The van der Waals surface area contributed by atoms with E-state index in [0.717, 1.165) is 35.2 Å². The molecule has 0 heterocycles. The van der Waals surface area contributed by atoms with Gasteiger partial charge in [-0.15, -0.1) is 0 Å². The lowest BCUT2D eigenvalue weighted by molar-refractivity contribution is 0.108. The molecule has 0 aliphatic rings. The highest BCUT2D eigenvalue weighted by molar-refractivity contribution is 7.66. The summed E-state index contributed by atoms with van der Waals surface area (Å²) in [5.41, 5.74) is 2.71. The van der Waals surface area contributed by atoms with Crippen molar-refractivity contribution >= 4 is 31.0 Å². The van der Waals surface area contributed by atoms with E-state index in [1.807, 2.05) is 44.2 Å². The molecule has 2 rings (SSSR count). The number of hydrogen-bond donors (Lipinski definition) is 0. The van der Waals surface area contributed by atoms with Crippen molar-refractivity contribution in [1.29, 1.82) is 0 Å². The Morgan fingerprint density at radius 3 is 2.54 bits per heavy atom. The number of halogens is 1. The maximum atomic E-state index is 12.6. The van der Waals surface area contributed by atoms with E-state index in [1.54, 1.807) is 6.07 Å². The van der Waals surface area contributed by atoms with Crippen molar-refractivity contribution in [2.45, 2.75) is 34.1 Å². The second-order valence-corrected chi connectivity index (χ2v) is 8.04. The van der Waals surface area contributed by atoms with Gasteiger partial charge in [0.2, 0.25) is 0 Å². The molecule has 0 bridgehead atoms. The molecular formula is C20H24ClO2P. The molecule has 0 amide bonds. The van der Waals surface area contributed by atoms with E-state index in [-0.39, 0.29) is 14.1 Å². The lowest BCUT2D eigenvalue weighted by Crippen LogP contribution is -2.08. The maximum absolute atomic E-state index is 12.6. The predicted octanol–water partition coefficient (Wildman–Crippen LogP) is 5.53. The van der Waals surface area contributed by atoms with Gasteiger partial charge < -0.3 is 4.74 Å². The third kappa shape index (κ3) is 5.06. The first-order valence-electron chi connectivity index (χ1n) is 8.18. The molecule has 0 aliphatic heterocycles. The Kier molecular flexibility index (Phi) is 6.83. The van der Waals surface area contributed by atoms with E-state index in [1.165, 1.54) is 0 Å². The summed E-state index contributed by atoms with van der Waals surface area (Å²) in [6, 6.07) is 11.5. The quantitative estimate of drug-likeness (QED) is 0.606. The van der Waals surface area contributed by atoms with Gasteiger partial charge in [0.1, 0.15) is 5.75 Å². The van der Waals surface area contributed by atoms with E-state index in [0.29, 0.717) is 16.5 Å². The van der Waals surface area contributed by atoms with Crippen LogP contribution < -0.4 is 10.0 Å². The average molecular weight is 363 g/mol.